The number of rotatable bonds is 9. The monoisotopic (exact) mass is 445 g/mol. The molecule has 0 saturated carbocycles. The maximum Gasteiger partial charge on any atom is 0.419 e. The molecule has 1 heterocycles. The number of carbonyl (C=O) groups is 1. The van der Waals surface area contributed by atoms with E-state index in [1.54, 1.807) is 22.8 Å². The van der Waals surface area contributed by atoms with E-state index < -0.39 is 5.76 Å². The molecule has 170 valence electrons. The van der Waals surface area contributed by atoms with Crippen LogP contribution in [0.1, 0.15) is 11.1 Å². The average Bonchev–Trinajstić information content (AvgIpc) is 3.12. The zero-order valence-electron chi connectivity index (χ0n) is 18.8. The molecule has 0 saturated heterocycles. The second-order valence-electron chi connectivity index (χ2n) is 8.11. The van der Waals surface area contributed by atoms with E-state index in [4.69, 9.17) is 9.15 Å². The first-order chi connectivity index (χ1) is 16.0. The van der Waals surface area contributed by atoms with Gasteiger partial charge >= 0.3 is 5.76 Å². The van der Waals surface area contributed by atoms with Crippen LogP contribution in [0.5, 0.6) is 5.75 Å². The number of oxazole rings is 1. The van der Waals surface area contributed by atoms with Gasteiger partial charge < -0.3 is 19.4 Å². The Morgan fingerprint density at radius 2 is 1.79 bits per heavy atom. The Morgan fingerprint density at radius 1 is 1.03 bits per heavy atom. The van der Waals surface area contributed by atoms with E-state index in [2.05, 4.69) is 17.4 Å². The number of hydrogen-bond acceptors (Lipinski definition) is 5. The van der Waals surface area contributed by atoms with Crippen molar-refractivity contribution in [2.24, 2.45) is 0 Å². The fraction of sp³-hybridized carbons (Fsp3) is 0.231. The third-order valence-corrected chi connectivity index (χ3v) is 5.29. The standard InChI is InChI=1S/C26H27N3O4/c1-28(2)14-15-29-22-17-21(12-13-24(22)33-26(29)31)27-25(30)18-32-23-11-7-6-10-20(23)16-19-8-4-3-5-9-19/h3-13,17H,14-16,18H2,1-2H3,(H,27,30). The number of fused-ring (bicyclic) bond motifs is 1. The molecule has 0 unspecified atom stereocenters. The highest BCUT2D eigenvalue weighted by molar-refractivity contribution is 5.93. The van der Waals surface area contributed by atoms with Gasteiger partial charge in [-0.1, -0.05) is 48.5 Å². The van der Waals surface area contributed by atoms with E-state index in [9.17, 15) is 9.59 Å². The van der Waals surface area contributed by atoms with Crippen molar-refractivity contribution in [3.05, 3.63) is 94.5 Å². The number of para-hydroxylation sites is 1. The molecular weight excluding hydrogens is 418 g/mol. The quantitative estimate of drug-likeness (QED) is 0.425. The van der Waals surface area contributed by atoms with Crippen molar-refractivity contribution in [2.75, 3.05) is 32.6 Å². The van der Waals surface area contributed by atoms with Gasteiger partial charge in [-0.25, -0.2) is 4.79 Å². The summed E-state index contributed by atoms with van der Waals surface area (Å²) in [5, 5.41) is 2.84. The molecule has 1 aromatic heterocycles. The Labute approximate surface area is 192 Å². The van der Waals surface area contributed by atoms with Crippen molar-refractivity contribution in [3.8, 4) is 5.75 Å². The molecule has 4 aromatic rings. The minimum atomic E-state index is -0.409. The number of aromatic nitrogens is 1. The number of hydrogen-bond donors (Lipinski definition) is 1. The van der Waals surface area contributed by atoms with Crippen molar-refractivity contribution in [2.45, 2.75) is 13.0 Å². The minimum Gasteiger partial charge on any atom is -0.483 e. The molecule has 4 rings (SSSR count). The predicted molar refractivity (Wildman–Crippen MR) is 129 cm³/mol. The highest BCUT2D eigenvalue weighted by atomic mass is 16.5. The topological polar surface area (TPSA) is 76.7 Å². The zero-order valence-corrected chi connectivity index (χ0v) is 18.8. The van der Waals surface area contributed by atoms with E-state index in [0.717, 1.165) is 12.0 Å². The number of benzene rings is 3. The third-order valence-electron chi connectivity index (χ3n) is 5.29. The van der Waals surface area contributed by atoms with E-state index in [1.807, 2.05) is 61.5 Å². The first-order valence-corrected chi connectivity index (χ1v) is 10.8. The third kappa shape index (κ3) is 5.70. The lowest BCUT2D eigenvalue weighted by Gasteiger charge is -2.12. The molecule has 0 spiro atoms. The molecule has 1 amide bonds. The molecule has 0 aliphatic rings. The Kier molecular flexibility index (Phi) is 6.90. The van der Waals surface area contributed by atoms with Crippen molar-refractivity contribution in [3.63, 3.8) is 0 Å². The predicted octanol–water partition coefficient (Wildman–Crippen LogP) is 3.76. The van der Waals surface area contributed by atoms with Crippen molar-refractivity contribution in [1.29, 1.82) is 0 Å². The van der Waals surface area contributed by atoms with Crippen LogP contribution in [0.15, 0.2) is 82.0 Å². The lowest BCUT2D eigenvalue weighted by molar-refractivity contribution is -0.118. The largest absolute Gasteiger partial charge is 0.483 e. The number of carbonyl (C=O) groups excluding carboxylic acids is 1. The van der Waals surface area contributed by atoms with Crippen LogP contribution in [-0.2, 0) is 17.8 Å². The zero-order chi connectivity index (χ0) is 23.2. The highest BCUT2D eigenvalue weighted by Gasteiger charge is 2.12. The molecule has 0 aliphatic heterocycles. The summed E-state index contributed by atoms with van der Waals surface area (Å²) in [6, 6.07) is 23.0. The summed E-state index contributed by atoms with van der Waals surface area (Å²) in [6.45, 7) is 1.07. The SMILES string of the molecule is CN(C)CCn1c(=O)oc2ccc(NC(=O)COc3ccccc3Cc3ccccc3)cc21. The summed E-state index contributed by atoms with van der Waals surface area (Å²) >= 11 is 0. The molecule has 3 aromatic carbocycles. The number of nitrogens with zero attached hydrogens (tertiary/aromatic N) is 2. The lowest BCUT2D eigenvalue weighted by Crippen LogP contribution is -2.23. The van der Waals surface area contributed by atoms with E-state index in [1.165, 1.54) is 5.56 Å². The average molecular weight is 446 g/mol. The summed E-state index contributed by atoms with van der Waals surface area (Å²) < 4.78 is 12.7. The Bertz CT molecular complexity index is 1290. The molecule has 0 fully saturated rings. The summed E-state index contributed by atoms with van der Waals surface area (Å²) in [4.78, 5) is 26.7. The maximum atomic E-state index is 12.6. The molecule has 0 bridgehead atoms. The van der Waals surface area contributed by atoms with Crippen LogP contribution in [0.3, 0.4) is 0 Å². The van der Waals surface area contributed by atoms with Gasteiger partial charge in [0, 0.05) is 25.2 Å². The van der Waals surface area contributed by atoms with Gasteiger partial charge in [0.25, 0.3) is 5.91 Å². The first-order valence-electron chi connectivity index (χ1n) is 10.8. The van der Waals surface area contributed by atoms with E-state index in [-0.39, 0.29) is 12.5 Å². The fourth-order valence-corrected chi connectivity index (χ4v) is 3.60. The Balaban J connectivity index is 1.42. The molecular formula is C26H27N3O4. The van der Waals surface area contributed by atoms with Crippen molar-refractivity contribution in [1.82, 2.24) is 9.47 Å². The number of nitrogens with one attached hydrogen (secondary N) is 1. The molecule has 0 aliphatic carbocycles. The van der Waals surface area contributed by atoms with Gasteiger partial charge in [0.1, 0.15) is 5.75 Å². The minimum absolute atomic E-state index is 0.122. The van der Waals surface area contributed by atoms with E-state index in [0.29, 0.717) is 35.6 Å². The summed E-state index contributed by atoms with van der Waals surface area (Å²) in [5.74, 6) is -0.0115. The molecule has 33 heavy (non-hydrogen) atoms. The summed E-state index contributed by atoms with van der Waals surface area (Å²) in [6.07, 6.45) is 0.722. The normalized spacial score (nSPS) is 11.1. The second kappa shape index (κ2) is 10.2. The summed E-state index contributed by atoms with van der Waals surface area (Å²) in [7, 11) is 3.88. The highest BCUT2D eigenvalue weighted by Crippen LogP contribution is 2.22. The van der Waals surface area contributed by atoms with Gasteiger partial charge in [0.2, 0.25) is 0 Å². The van der Waals surface area contributed by atoms with Gasteiger partial charge in [0.15, 0.2) is 12.2 Å². The fourth-order valence-electron chi connectivity index (χ4n) is 3.60. The lowest BCUT2D eigenvalue weighted by atomic mass is 10.0. The van der Waals surface area contributed by atoms with Crippen molar-refractivity contribution >= 4 is 22.7 Å². The summed E-state index contributed by atoms with van der Waals surface area (Å²) in [5.41, 5.74) is 3.90. The van der Waals surface area contributed by atoms with Crippen LogP contribution in [0.2, 0.25) is 0 Å². The van der Waals surface area contributed by atoms with Crippen LogP contribution in [0, 0.1) is 0 Å². The molecule has 1 N–H and O–H groups in total. The molecule has 0 atom stereocenters. The molecule has 7 heteroatoms. The van der Waals surface area contributed by atoms with Gasteiger partial charge in [-0.15, -0.1) is 0 Å². The second-order valence-corrected chi connectivity index (χ2v) is 8.11. The number of likely N-dealkylation sites (N-methyl/N-ethyl adjacent to an activating group) is 1. The van der Waals surface area contributed by atoms with Crippen molar-refractivity contribution < 1.29 is 13.9 Å². The van der Waals surface area contributed by atoms with Crippen LogP contribution in [0.25, 0.3) is 11.1 Å². The molecule has 0 radical (unpaired) electrons. The number of ether oxygens (including phenoxy) is 1. The molecule has 7 nitrogen and oxygen atoms in total. The van der Waals surface area contributed by atoms with Gasteiger partial charge in [-0.3, -0.25) is 9.36 Å². The smallest absolute Gasteiger partial charge is 0.419 e. The number of amides is 1. The Morgan fingerprint density at radius 3 is 2.58 bits per heavy atom. The van der Waals surface area contributed by atoms with Crippen LogP contribution < -0.4 is 15.8 Å². The van der Waals surface area contributed by atoms with Gasteiger partial charge in [-0.2, -0.15) is 0 Å². The Hall–Kier alpha value is -3.84. The van der Waals surface area contributed by atoms with Gasteiger partial charge in [-0.05, 0) is 49.5 Å². The van der Waals surface area contributed by atoms with Gasteiger partial charge in [0.05, 0.1) is 5.52 Å². The maximum absolute atomic E-state index is 12.6. The van der Waals surface area contributed by atoms with E-state index >= 15 is 0 Å². The van der Waals surface area contributed by atoms with Crippen LogP contribution in [0.4, 0.5) is 5.69 Å². The first kappa shape index (κ1) is 22.4. The van der Waals surface area contributed by atoms with Crippen LogP contribution >= 0.6 is 0 Å². The van der Waals surface area contributed by atoms with Crippen LogP contribution in [-0.4, -0.2) is 42.6 Å². The number of anilines is 1.